The van der Waals surface area contributed by atoms with E-state index in [0.717, 1.165) is 43.7 Å². The van der Waals surface area contributed by atoms with Crippen LogP contribution in [0, 0.1) is 12.7 Å². The molecule has 0 aliphatic rings. The van der Waals surface area contributed by atoms with Gasteiger partial charge in [0.05, 0.1) is 13.1 Å². The molecule has 1 amide bonds. The molecule has 0 fully saturated rings. The topological polar surface area (TPSA) is 36.7 Å². The Morgan fingerprint density at radius 3 is 2.36 bits per heavy atom. The van der Waals surface area contributed by atoms with Crippen LogP contribution in [0.2, 0.25) is 0 Å². The van der Waals surface area contributed by atoms with Crippen molar-refractivity contribution in [3.63, 3.8) is 0 Å². The molecule has 0 aliphatic carbocycles. The number of hydrogen-bond donors (Lipinski definition) is 0. The Kier molecular flexibility index (Phi) is 9.70. The molecule has 3 rings (SSSR count). The van der Waals surface area contributed by atoms with Crippen molar-refractivity contribution in [1.29, 1.82) is 0 Å². The summed E-state index contributed by atoms with van der Waals surface area (Å²) in [7, 11) is 0. The van der Waals surface area contributed by atoms with E-state index >= 15 is 0 Å². The molecule has 3 aromatic rings. The van der Waals surface area contributed by atoms with Crippen molar-refractivity contribution in [1.82, 2.24) is 9.80 Å². The summed E-state index contributed by atoms with van der Waals surface area (Å²) in [6.07, 6.45) is 3.95. The van der Waals surface area contributed by atoms with Crippen molar-refractivity contribution >= 4 is 5.91 Å². The van der Waals surface area contributed by atoms with Gasteiger partial charge in [-0.2, -0.15) is 0 Å². The van der Waals surface area contributed by atoms with Crippen LogP contribution in [0.25, 0.3) is 0 Å². The second kappa shape index (κ2) is 12.9. The van der Waals surface area contributed by atoms with Crippen molar-refractivity contribution in [3.8, 4) is 0 Å². The molecule has 176 valence electrons. The number of nitrogens with zero attached hydrogens (tertiary/aromatic N) is 2. The summed E-state index contributed by atoms with van der Waals surface area (Å²) in [5, 5.41) is 0. The molecule has 0 spiro atoms. The molecule has 4 nitrogen and oxygen atoms in total. The van der Waals surface area contributed by atoms with Gasteiger partial charge >= 0.3 is 0 Å². The highest BCUT2D eigenvalue weighted by Gasteiger charge is 2.20. The molecule has 1 aromatic heterocycles. The van der Waals surface area contributed by atoms with Crippen LogP contribution in [0.4, 0.5) is 4.39 Å². The Morgan fingerprint density at radius 1 is 0.909 bits per heavy atom. The van der Waals surface area contributed by atoms with E-state index in [2.05, 4.69) is 24.0 Å². The average molecular weight is 451 g/mol. The molecule has 1 heterocycles. The molecule has 0 saturated carbocycles. The van der Waals surface area contributed by atoms with Crippen molar-refractivity contribution < 1.29 is 13.6 Å². The van der Waals surface area contributed by atoms with Crippen LogP contribution in [-0.4, -0.2) is 35.3 Å². The fourth-order valence-electron chi connectivity index (χ4n) is 3.92. The Morgan fingerprint density at radius 2 is 1.67 bits per heavy atom. The van der Waals surface area contributed by atoms with Gasteiger partial charge in [-0.05, 0) is 50.1 Å². The molecule has 0 aliphatic heterocycles. The summed E-state index contributed by atoms with van der Waals surface area (Å²) in [5.41, 5.74) is 1.82. The summed E-state index contributed by atoms with van der Waals surface area (Å²) >= 11 is 0. The molecule has 33 heavy (non-hydrogen) atoms. The van der Waals surface area contributed by atoms with Crippen LogP contribution in [0.3, 0.4) is 0 Å². The van der Waals surface area contributed by atoms with E-state index in [0.29, 0.717) is 25.2 Å². The SMILES string of the molecule is CCCCCN(CC(=O)N(CCc1ccccc1)Cc1ccc(C)o1)Cc1ccccc1F. The van der Waals surface area contributed by atoms with Gasteiger partial charge in [0.15, 0.2) is 0 Å². The first kappa shape index (κ1) is 24.7. The summed E-state index contributed by atoms with van der Waals surface area (Å²) < 4.78 is 20.1. The standard InChI is InChI=1S/C28H35FN2O2/c1-3-4-10-18-30(20-25-13-8-9-14-27(25)29)22-28(32)31(21-26-16-15-23(2)33-26)19-17-24-11-6-5-7-12-24/h5-9,11-16H,3-4,10,17-22H2,1-2H3. The third-order valence-electron chi connectivity index (χ3n) is 5.80. The van der Waals surface area contributed by atoms with Crippen LogP contribution in [0.1, 0.15) is 48.8 Å². The highest BCUT2D eigenvalue weighted by Crippen LogP contribution is 2.14. The van der Waals surface area contributed by atoms with Gasteiger partial charge in [0.2, 0.25) is 5.91 Å². The van der Waals surface area contributed by atoms with Crippen molar-refractivity contribution in [2.45, 2.75) is 52.6 Å². The zero-order chi connectivity index (χ0) is 23.5. The van der Waals surface area contributed by atoms with Gasteiger partial charge in [0.1, 0.15) is 17.3 Å². The summed E-state index contributed by atoms with van der Waals surface area (Å²) in [5.74, 6) is 1.42. The number of benzene rings is 2. The molecule has 0 bridgehead atoms. The maximum Gasteiger partial charge on any atom is 0.237 e. The predicted molar refractivity (Wildman–Crippen MR) is 130 cm³/mol. The number of rotatable bonds is 13. The maximum absolute atomic E-state index is 14.3. The van der Waals surface area contributed by atoms with Crippen molar-refractivity contribution in [2.75, 3.05) is 19.6 Å². The lowest BCUT2D eigenvalue weighted by atomic mass is 10.1. The van der Waals surface area contributed by atoms with Crippen LogP contribution in [0.5, 0.6) is 0 Å². The largest absolute Gasteiger partial charge is 0.464 e. The second-order valence-corrected chi connectivity index (χ2v) is 8.57. The lowest BCUT2D eigenvalue weighted by molar-refractivity contribution is -0.133. The maximum atomic E-state index is 14.3. The Hall–Kier alpha value is -2.92. The van der Waals surface area contributed by atoms with E-state index in [4.69, 9.17) is 4.42 Å². The van der Waals surface area contributed by atoms with Gasteiger partial charge in [-0.3, -0.25) is 9.69 Å². The average Bonchev–Trinajstić information content (AvgIpc) is 3.23. The quantitative estimate of drug-likeness (QED) is 0.300. The predicted octanol–water partition coefficient (Wildman–Crippen LogP) is 5.99. The number of furan rings is 1. The molecule has 5 heteroatoms. The van der Waals surface area contributed by atoms with Gasteiger partial charge in [-0.25, -0.2) is 4.39 Å². The third-order valence-corrected chi connectivity index (χ3v) is 5.80. The zero-order valence-electron chi connectivity index (χ0n) is 19.8. The molecule has 0 saturated heterocycles. The van der Waals surface area contributed by atoms with Gasteiger partial charge in [-0.15, -0.1) is 0 Å². The molecule has 0 atom stereocenters. The highest BCUT2D eigenvalue weighted by atomic mass is 19.1. The monoisotopic (exact) mass is 450 g/mol. The van der Waals surface area contributed by atoms with E-state index in [1.165, 1.54) is 11.6 Å². The number of halogens is 1. The number of amides is 1. The van der Waals surface area contributed by atoms with E-state index in [-0.39, 0.29) is 18.3 Å². The summed E-state index contributed by atoms with van der Waals surface area (Å²) in [4.78, 5) is 17.4. The third kappa shape index (κ3) is 8.17. The van der Waals surface area contributed by atoms with E-state index in [9.17, 15) is 9.18 Å². The summed E-state index contributed by atoms with van der Waals surface area (Å²) in [6.45, 7) is 6.54. The first-order chi connectivity index (χ1) is 16.0. The molecule has 0 radical (unpaired) electrons. The van der Waals surface area contributed by atoms with Crippen LogP contribution >= 0.6 is 0 Å². The van der Waals surface area contributed by atoms with Crippen LogP contribution in [-0.2, 0) is 24.3 Å². The van der Waals surface area contributed by atoms with Gasteiger partial charge in [0.25, 0.3) is 0 Å². The van der Waals surface area contributed by atoms with Crippen LogP contribution in [0.15, 0.2) is 71.1 Å². The number of carbonyl (C=O) groups excluding carboxylic acids is 1. The molecular weight excluding hydrogens is 415 g/mol. The number of aryl methyl sites for hydroxylation is 1. The minimum absolute atomic E-state index is 0.0350. The first-order valence-electron chi connectivity index (χ1n) is 11.9. The minimum atomic E-state index is -0.225. The smallest absolute Gasteiger partial charge is 0.237 e. The fourth-order valence-corrected chi connectivity index (χ4v) is 3.92. The first-order valence-corrected chi connectivity index (χ1v) is 11.9. The van der Waals surface area contributed by atoms with Gasteiger partial charge < -0.3 is 9.32 Å². The van der Waals surface area contributed by atoms with E-state index in [1.54, 1.807) is 12.1 Å². The van der Waals surface area contributed by atoms with Crippen LogP contribution < -0.4 is 0 Å². The van der Waals surface area contributed by atoms with E-state index < -0.39 is 0 Å². The Bertz CT molecular complexity index is 986. The van der Waals surface area contributed by atoms with Crippen molar-refractivity contribution in [3.05, 3.63) is 95.2 Å². The number of carbonyl (C=O) groups is 1. The zero-order valence-corrected chi connectivity index (χ0v) is 19.8. The highest BCUT2D eigenvalue weighted by molar-refractivity contribution is 5.78. The minimum Gasteiger partial charge on any atom is -0.464 e. The molecular formula is C28H35FN2O2. The Labute approximate surface area is 197 Å². The second-order valence-electron chi connectivity index (χ2n) is 8.57. The number of hydrogen-bond acceptors (Lipinski definition) is 3. The Balaban J connectivity index is 1.71. The fraction of sp³-hybridized carbons (Fsp3) is 0.393. The molecule has 2 aromatic carbocycles. The normalized spacial score (nSPS) is 11.2. The van der Waals surface area contributed by atoms with Gasteiger partial charge in [0, 0.05) is 18.7 Å². The van der Waals surface area contributed by atoms with E-state index in [1.807, 2.05) is 48.2 Å². The number of unbranched alkanes of at least 4 members (excludes halogenated alkanes) is 2. The molecule has 0 N–H and O–H groups in total. The lowest BCUT2D eigenvalue weighted by Crippen LogP contribution is -2.41. The molecule has 0 unspecified atom stereocenters. The van der Waals surface area contributed by atoms with Crippen molar-refractivity contribution in [2.24, 2.45) is 0 Å². The summed E-state index contributed by atoms with van der Waals surface area (Å²) in [6, 6.07) is 20.8. The van der Waals surface area contributed by atoms with Gasteiger partial charge in [-0.1, -0.05) is 68.3 Å². The lowest BCUT2D eigenvalue weighted by Gasteiger charge is -2.27.